The Kier molecular flexibility index (Phi) is 6.21. The third-order valence-electron chi connectivity index (χ3n) is 3.05. The number of nitrogens with zero attached hydrogens (tertiary/aromatic N) is 3. The van der Waals surface area contributed by atoms with Crippen LogP contribution in [0.1, 0.15) is 37.2 Å². The van der Waals surface area contributed by atoms with Gasteiger partial charge in [0.15, 0.2) is 5.69 Å². The van der Waals surface area contributed by atoms with Crippen molar-refractivity contribution >= 4 is 11.8 Å². The molecule has 1 aromatic rings. The van der Waals surface area contributed by atoms with E-state index >= 15 is 0 Å². The van der Waals surface area contributed by atoms with Crippen LogP contribution in [0.3, 0.4) is 0 Å². The highest BCUT2D eigenvalue weighted by atomic mass is 16.5. The van der Waals surface area contributed by atoms with Crippen LogP contribution in [0.2, 0.25) is 0 Å². The van der Waals surface area contributed by atoms with Crippen LogP contribution in [0, 0.1) is 0 Å². The quantitative estimate of drug-likeness (QED) is 0.749. The van der Waals surface area contributed by atoms with Gasteiger partial charge in [-0.25, -0.2) is 14.8 Å². The van der Waals surface area contributed by atoms with Crippen molar-refractivity contribution in [1.29, 1.82) is 0 Å². The van der Waals surface area contributed by atoms with Crippen LogP contribution >= 0.6 is 0 Å². The summed E-state index contributed by atoms with van der Waals surface area (Å²) in [7, 11) is 1.31. The van der Waals surface area contributed by atoms with E-state index in [0.29, 0.717) is 18.4 Å². The molecule has 0 saturated carbocycles. The summed E-state index contributed by atoms with van der Waals surface area (Å²) in [4.78, 5) is 21.6. The zero-order valence-corrected chi connectivity index (χ0v) is 11.7. The predicted octanol–water partition coefficient (Wildman–Crippen LogP) is 1.25. The first kappa shape index (κ1) is 15.4. The first-order valence-corrected chi connectivity index (χ1v) is 6.45. The van der Waals surface area contributed by atoms with Crippen LogP contribution in [-0.4, -0.2) is 47.3 Å². The second-order valence-electron chi connectivity index (χ2n) is 4.14. The van der Waals surface area contributed by atoms with Gasteiger partial charge in [0.1, 0.15) is 5.82 Å². The minimum Gasteiger partial charge on any atom is -0.464 e. The predicted molar refractivity (Wildman–Crippen MR) is 72.2 cm³/mol. The first-order valence-electron chi connectivity index (χ1n) is 6.45. The van der Waals surface area contributed by atoms with Crippen molar-refractivity contribution in [2.75, 3.05) is 25.2 Å². The Labute approximate surface area is 113 Å². The van der Waals surface area contributed by atoms with Gasteiger partial charge in [0.05, 0.1) is 26.1 Å². The number of hydrogen-bond donors (Lipinski definition) is 1. The summed E-state index contributed by atoms with van der Waals surface area (Å²) in [5.74, 6) is 0.158. The van der Waals surface area contributed by atoms with Crippen molar-refractivity contribution in [2.24, 2.45) is 0 Å². The summed E-state index contributed by atoms with van der Waals surface area (Å²) in [6.45, 7) is 4.74. The van der Waals surface area contributed by atoms with E-state index in [2.05, 4.69) is 28.6 Å². The Bertz CT molecular complexity index is 391. The average molecular weight is 267 g/mol. The molecule has 0 atom stereocenters. The SMILES string of the molecule is CCC(CC)N(CCO)c1cnc(C(=O)OC)cn1. The van der Waals surface area contributed by atoms with Crippen LogP contribution in [0.15, 0.2) is 12.4 Å². The highest BCUT2D eigenvalue weighted by molar-refractivity contribution is 5.86. The van der Waals surface area contributed by atoms with Gasteiger partial charge in [0.25, 0.3) is 0 Å². The maximum absolute atomic E-state index is 11.3. The fourth-order valence-electron chi connectivity index (χ4n) is 2.00. The third-order valence-corrected chi connectivity index (χ3v) is 3.05. The topological polar surface area (TPSA) is 75.5 Å². The molecule has 6 heteroatoms. The van der Waals surface area contributed by atoms with Gasteiger partial charge in [-0.15, -0.1) is 0 Å². The molecule has 0 aliphatic carbocycles. The molecule has 6 nitrogen and oxygen atoms in total. The maximum Gasteiger partial charge on any atom is 0.358 e. The van der Waals surface area contributed by atoms with Crippen LogP contribution < -0.4 is 4.90 Å². The molecule has 0 amide bonds. The minimum atomic E-state index is -0.504. The lowest BCUT2D eigenvalue weighted by Gasteiger charge is -2.30. The molecule has 0 saturated heterocycles. The van der Waals surface area contributed by atoms with Crippen molar-refractivity contribution in [1.82, 2.24) is 9.97 Å². The summed E-state index contributed by atoms with van der Waals surface area (Å²) in [5, 5.41) is 9.15. The van der Waals surface area contributed by atoms with Gasteiger partial charge in [0.2, 0.25) is 0 Å². The van der Waals surface area contributed by atoms with E-state index in [1.54, 1.807) is 6.20 Å². The highest BCUT2D eigenvalue weighted by Gasteiger charge is 2.17. The third kappa shape index (κ3) is 3.89. The Morgan fingerprint density at radius 3 is 2.47 bits per heavy atom. The second-order valence-corrected chi connectivity index (χ2v) is 4.14. The number of carbonyl (C=O) groups excluding carboxylic acids is 1. The molecule has 0 aliphatic rings. The molecule has 0 aromatic carbocycles. The molecule has 0 aliphatic heterocycles. The van der Waals surface area contributed by atoms with E-state index in [1.807, 2.05) is 4.90 Å². The van der Waals surface area contributed by atoms with Crippen molar-refractivity contribution in [3.05, 3.63) is 18.1 Å². The molecule has 0 bridgehead atoms. The summed E-state index contributed by atoms with van der Waals surface area (Å²) in [6.07, 6.45) is 4.85. The maximum atomic E-state index is 11.3. The normalized spacial score (nSPS) is 10.6. The molecule has 106 valence electrons. The molecule has 19 heavy (non-hydrogen) atoms. The smallest absolute Gasteiger partial charge is 0.358 e. The molecule has 0 radical (unpaired) electrons. The number of rotatable bonds is 7. The van der Waals surface area contributed by atoms with Crippen LogP contribution in [-0.2, 0) is 4.74 Å². The number of methoxy groups -OCH3 is 1. The molecule has 1 aromatic heterocycles. The summed E-state index contributed by atoms with van der Waals surface area (Å²) in [5.41, 5.74) is 0.180. The van der Waals surface area contributed by atoms with Crippen LogP contribution in [0.25, 0.3) is 0 Å². The molecule has 1 N–H and O–H groups in total. The molecule has 0 fully saturated rings. The Hall–Kier alpha value is -1.69. The lowest BCUT2D eigenvalue weighted by atomic mass is 10.1. The van der Waals surface area contributed by atoms with Gasteiger partial charge in [-0.2, -0.15) is 0 Å². The zero-order chi connectivity index (χ0) is 14.3. The monoisotopic (exact) mass is 267 g/mol. The first-order chi connectivity index (χ1) is 9.17. The molecule has 1 heterocycles. The van der Waals surface area contributed by atoms with E-state index in [4.69, 9.17) is 5.11 Å². The molecular weight excluding hydrogens is 246 g/mol. The molecule has 0 unspecified atom stereocenters. The number of aromatic nitrogens is 2. The van der Waals surface area contributed by atoms with Gasteiger partial charge < -0.3 is 14.7 Å². The number of ether oxygens (including phenoxy) is 1. The van der Waals surface area contributed by atoms with Crippen molar-refractivity contribution < 1.29 is 14.6 Å². The lowest BCUT2D eigenvalue weighted by Crippen LogP contribution is -2.37. The fraction of sp³-hybridized carbons (Fsp3) is 0.615. The number of hydrogen-bond acceptors (Lipinski definition) is 6. The number of aliphatic hydroxyl groups excluding tert-OH is 1. The van der Waals surface area contributed by atoms with Gasteiger partial charge in [-0.05, 0) is 12.8 Å². The van der Waals surface area contributed by atoms with E-state index in [1.165, 1.54) is 13.3 Å². The van der Waals surface area contributed by atoms with Crippen molar-refractivity contribution in [2.45, 2.75) is 32.7 Å². The Morgan fingerprint density at radius 1 is 1.37 bits per heavy atom. The summed E-state index contributed by atoms with van der Waals surface area (Å²) >= 11 is 0. The van der Waals surface area contributed by atoms with Crippen LogP contribution in [0.4, 0.5) is 5.82 Å². The van der Waals surface area contributed by atoms with Gasteiger partial charge in [-0.1, -0.05) is 13.8 Å². The molecule has 1 rings (SSSR count). The number of esters is 1. The Balaban J connectivity index is 2.93. The van der Waals surface area contributed by atoms with Gasteiger partial charge in [-0.3, -0.25) is 0 Å². The van der Waals surface area contributed by atoms with Gasteiger partial charge >= 0.3 is 5.97 Å². The van der Waals surface area contributed by atoms with E-state index in [9.17, 15) is 4.79 Å². The Morgan fingerprint density at radius 2 is 2.05 bits per heavy atom. The van der Waals surface area contributed by atoms with E-state index in [0.717, 1.165) is 12.8 Å². The second kappa shape index (κ2) is 7.68. The van der Waals surface area contributed by atoms with Crippen molar-refractivity contribution in [3.8, 4) is 0 Å². The lowest BCUT2D eigenvalue weighted by molar-refractivity contribution is 0.0593. The summed E-state index contributed by atoms with van der Waals surface area (Å²) in [6, 6.07) is 0.297. The van der Waals surface area contributed by atoms with E-state index in [-0.39, 0.29) is 12.3 Å². The number of carbonyl (C=O) groups is 1. The van der Waals surface area contributed by atoms with Crippen molar-refractivity contribution in [3.63, 3.8) is 0 Å². The number of aliphatic hydroxyl groups is 1. The standard InChI is InChI=1S/C13H21N3O3/c1-4-10(5-2)16(6-7-17)12-9-14-11(8-15-12)13(18)19-3/h8-10,17H,4-7H2,1-3H3. The molecular formula is C13H21N3O3. The van der Waals surface area contributed by atoms with Gasteiger partial charge in [0, 0.05) is 12.6 Å². The minimum absolute atomic E-state index is 0.0525. The van der Waals surface area contributed by atoms with E-state index < -0.39 is 5.97 Å². The average Bonchev–Trinajstić information content (AvgIpc) is 2.47. The number of anilines is 1. The zero-order valence-electron chi connectivity index (χ0n) is 11.7. The highest BCUT2D eigenvalue weighted by Crippen LogP contribution is 2.17. The largest absolute Gasteiger partial charge is 0.464 e. The molecule has 0 spiro atoms. The fourth-order valence-corrected chi connectivity index (χ4v) is 2.00. The summed E-state index contributed by atoms with van der Waals surface area (Å²) < 4.78 is 4.58. The van der Waals surface area contributed by atoms with Crippen LogP contribution in [0.5, 0.6) is 0 Å².